The number of hydrogen-bond donors (Lipinski definition) is 2. The van der Waals surface area contributed by atoms with Gasteiger partial charge in [0, 0.05) is 56.0 Å². The predicted octanol–water partition coefficient (Wildman–Crippen LogP) is 13.5. The molecule has 2 N–H and O–H groups in total. The molecule has 20 nitrogen and oxygen atoms in total. The monoisotopic (exact) mass is 1470 g/mol. The van der Waals surface area contributed by atoms with Gasteiger partial charge < -0.3 is 52.8 Å². The number of allylic oxidation sites excluding steroid dienone is 20. The van der Waals surface area contributed by atoms with Crippen LogP contribution in [0.1, 0.15) is 104 Å². The first-order valence-electron chi connectivity index (χ1n) is 33.1. The molecule has 105 heavy (non-hydrogen) atoms. The number of ether oxygens (including phenoxy) is 9. The molecule has 0 aliphatic heterocycles. The first-order chi connectivity index (χ1) is 49.9. The minimum absolute atomic E-state index is 0. The highest BCUT2D eigenvalue weighted by Gasteiger charge is 2.31. The van der Waals surface area contributed by atoms with Gasteiger partial charge in [-0.25, -0.2) is 24.0 Å². The largest absolute Gasteiger partial charge is 0.463 e. The van der Waals surface area contributed by atoms with Gasteiger partial charge in [0.1, 0.15) is 25.1 Å². The lowest BCUT2D eigenvalue weighted by Gasteiger charge is -2.31. The zero-order chi connectivity index (χ0) is 79.4. The van der Waals surface area contributed by atoms with E-state index in [1.165, 1.54) is 44.6 Å². The second kappa shape index (κ2) is 69.8. The normalized spacial score (nSPS) is 12.1. The van der Waals surface area contributed by atoms with Crippen LogP contribution in [0.25, 0.3) is 0 Å². The number of carbonyl (C=O) groups excluding carboxylic acids is 9. The lowest BCUT2D eigenvalue weighted by atomic mass is 10.2. The smallest absolute Gasteiger partial charge is 0.334 e. The molecule has 0 fully saturated rings. The summed E-state index contributed by atoms with van der Waals surface area (Å²) < 4.78 is 43.9. The van der Waals surface area contributed by atoms with Crippen molar-refractivity contribution >= 4 is 83.1 Å². The predicted molar refractivity (Wildman–Crippen MR) is 425 cm³/mol. The van der Waals surface area contributed by atoms with E-state index in [4.69, 9.17) is 52.8 Å². The molecular weight excluding hydrogens is 1360 g/mol. The fraction of sp³-hybridized carbons (Fsp3) is 0.333. The van der Waals surface area contributed by atoms with Crippen LogP contribution in [0.2, 0.25) is 0 Å². The van der Waals surface area contributed by atoms with Crippen molar-refractivity contribution < 1.29 is 96.0 Å². The number of carbonyl (C=O) groups is 9. The Morgan fingerprint density at radius 2 is 0.600 bits per heavy atom. The van der Waals surface area contributed by atoms with Gasteiger partial charge in [-0.1, -0.05) is 196 Å². The Bertz CT molecular complexity index is 3290. The molecule has 3 aromatic carbocycles. The van der Waals surface area contributed by atoms with Crippen molar-refractivity contribution in [3.8, 4) is 0 Å². The first kappa shape index (κ1) is 104. The van der Waals surface area contributed by atoms with Crippen LogP contribution >= 0.6 is 6.89 Å². The lowest BCUT2D eigenvalue weighted by molar-refractivity contribution is -0.139. The third-order valence-electron chi connectivity index (χ3n) is 12.7. The number of aldehydes is 4. The summed E-state index contributed by atoms with van der Waals surface area (Å²) in [4.78, 5) is 97.3. The number of hydrogen-bond acceptors (Lipinski definition) is 20. The van der Waals surface area contributed by atoms with Crippen LogP contribution < -0.4 is 15.9 Å². The molecule has 0 saturated heterocycles. The van der Waals surface area contributed by atoms with Gasteiger partial charge in [-0.2, -0.15) is 0 Å². The first-order valence-corrected chi connectivity index (χ1v) is 34.9. The van der Waals surface area contributed by atoms with Crippen LogP contribution in [0.5, 0.6) is 0 Å². The summed E-state index contributed by atoms with van der Waals surface area (Å²) in [5.41, 5.74) is 5.19. The highest BCUT2D eigenvalue weighted by atomic mass is 31.2. The van der Waals surface area contributed by atoms with E-state index >= 15 is 0 Å². The Balaban J connectivity index is -0.000000381. The number of benzene rings is 3. The van der Waals surface area contributed by atoms with E-state index in [1.54, 1.807) is 150 Å². The number of aliphatic hydroxyl groups excluding tert-OH is 2. The maximum Gasteiger partial charge on any atom is 0.334 e. The minimum Gasteiger partial charge on any atom is -0.463 e. The van der Waals surface area contributed by atoms with E-state index in [0.717, 1.165) is 44.9 Å². The maximum absolute atomic E-state index is 12.9. The Morgan fingerprint density at radius 3 is 0.857 bits per heavy atom. The summed E-state index contributed by atoms with van der Waals surface area (Å²) in [5, 5.41) is 21.5. The molecule has 21 heteroatoms. The van der Waals surface area contributed by atoms with E-state index in [1.807, 2.05) is 107 Å². The molecule has 576 valence electrons. The van der Waals surface area contributed by atoms with Crippen LogP contribution in [0, 0.1) is 0 Å². The van der Waals surface area contributed by atoms with Gasteiger partial charge in [-0.3, -0.25) is 19.2 Å². The average Bonchev–Trinajstić information content (AvgIpc) is 0.741. The van der Waals surface area contributed by atoms with Gasteiger partial charge >= 0.3 is 29.8 Å². The second-order valence-electron chi connectivity index (χ2n) is 20.9. The fourth-order valence-electron chi connectivity index (χ4n) is 7.22. The zero-order valence-corrected chi connectivity index (χ0v) is 64.7. The van der Waals surface area contributed by atoms with Gasteiger partial charge in [0.25, 0.3) is 0 Å². The van der Waals surface area contributed by atoms with Crippen molar-refractivity contribution in [3.05, 3.63) is 257 Å². The molecule has 0 aromatic heterocycles. The van der Waals surface area contributed by atoms with Gasteiger partial charge in [-0.05, 0) is 166 Å². The van der Waals surface area contributed by atoms with Crippen molar-refractivity contribution in [2.45, 2.75) is 117 Å². The summed E-state index contributed by atoms with van der Waals surface area (Å²) in [6, 6.07) is 31.0. The molecule has 3 aromatic rings. The lowest BCUT2D eigenvalue weighted by Crippen LogP contribution is -2.33. The molecule has 0 saturated carbocycles. The fourth-order valence-corrected chi connectivity index (χ4v) is 11.5. The molecule has 0 heterocycles. The zero-order valence-electron chi connectivity index (χ0n) is 63.8. The summed E-state index contributed by atoms with van der Waals surface area (Å²) in [7, 11) is 6.09. The summed E-state index contributed by atoms with van der Waals surface area (Å²) in [6.45, 7) is 24.3. The Labute approximate surface area is 624 Å². The van der Waals surface area contributed by atoms with Crippen molar-refractivity contribution in [2.24, 2.45) is 0 Å². The van der Waals surface area contributed by atoms with Gasteiger partial charge in [0.15, 0.2) is 12.6 Å². The third kappa shape index (κ3) is 51.0. The van der Waals surface area contributed by atoms with E-state index in [9.17, 15) is 43.2 Å². The quantitative estimate of drug-likeness (QED) is 0.0109. The van der Waals surface area contributed by atoms with Crippen molar-refractivity contribution in [1.29, 1.82) is 0 Å². The van der Waals surface area contributed by atoms with Crippen molar-refractivity contribution in [3.63, 3.8) is 0 Å². The van der Waals surface area contributed by atoms with Crippen LogP contribution in [-0.4, -0.2) is 158 Å². The van der Waals surface area contributed by atoms with E-state index < -0.39 is 19.5 Å². The molecule has 3 rings (SSSR count). The van der Waals surface area contributed by atoms with Gasteiger partial charge in [-0.15, -0.1) is 0 Å². The van der Waals surface area contributed by atoms with Crippen LogP contribution in [0.15, 0.2) is 257 Å². The summed E-state index contributed by atoms with van der Waals surface area (Å²) in [6.07, 6.45) is 35.1. The van der Waals surface area contributed by atoms with Crippen LogP contribution in [0.4, 0.5) is 0 Å². The number of methoxy groups -OCH3 is 4. The van der Waals surface area contributed by atoms with Crippen LogP contribution in [0.3, 0.4) is 0 Å². The average molecular weight is 1480 g/mol. The van der Waals surface area contributed by atoms with Gasteiger partial charge in [0.05, 0.1) is 46.2 Å². The van der Waals surface area contributed by atoms with Crippen molar-refractivity contribution in [2.75, 3.05) is 74.7 Å². The standard InChI is InChI=1S/C23H23O2P.C14H20O4.C11H18O4.C10H16O2.C10H12O2.C9H12O3.C6H10O3.CH4/c1-3-25-23(24)19(2)26(20-13-7-4-8-14-20,21-15-9-5-10-16-21)22-17-11-6-12-18-22;1-5-17-13(15)11(3)9-7-8-10-12(4)14(16)18-6-2;1-5-15-11(12)9(2)7-6-8-10(13-3)14-4;2*1-9(7-11)5-3-4-6-10(2)8-12;1-3-12-9(11)8(2)6-4-5-7-10;1-8-6(9-2)4-3-5-7;/h4-18H,3H2,1-2H3;7-10H,5-6H2,1-4H3;6-8,10H,5H2,1-4H3;3-6,11-12H,7-8H2,1-2H3;3-8H,1-2H3;4-7H,3H2,1-2H3;3-6H,1-2H3;1H4/b;8-7+,11-9+,12-10+;8-6+,9-7+;2*4-3+,9-5+,10-6+;5-4+,8-6+;4-3+;. The molecular formula is C84H115O20P. The molecule has 0 aliphatic rings. The molecule has 0 bridgehead atoms. The molecule has 0 aliphatic carbocycles. The highest BCUT2D eigenvalue weighted by molar-refractivity contribution is 7.96. The van der Waals surface area contributed by atoms with Crippen molar-refractivity contribution in [1.82, 2.24) is 0 Å². The Kier molecular flexibility index (Phi) is 69.0. The molecule has 0 atom stereocenters. The number of esters is 5. The highest BCUT2D eigenvalue weighted by Crippen LogP contribution is 2.46. The molecule has 0 spiro atoms. The molecule has 0 radical (unpaired) electrons. The van der Waals surface area contributed by atoms with E-state index in [2.05, 4.69) is 36.4 Å². The number of rotatable bonds is 33. The molecule has 0 amide bonds. The second-order valence-corrected chi connectivity index (χ2v) is 24.5. The number of aliphatic hydroxyl groups is 2. The Hall–Kier alpha value is -9.89. The Morgan fingerprint density at radius 1 is 0.352 bits per heavy atom. The SMILES string of the molecule is C.CCOC(=O)/C(C)=C/C=C/C(OC)OC.CCOC(=O)/C(C)=C/C=C/C=C(\C)C(=O)OCC.CCOC(=O)/C(C)=C/C=C/C=O.CCOC(=O)C(C)=P(c1ccccc1)(c1ccccc1)c1ccccc1.COC(/C=C/C=O)OC.C\C(=C/C=C/C=C(\C)CO)CO.C\C(C=O)=C/C=C/C=C(\C)C=O. The van der Waals surface area contributed by atoms with E-state index in [0.29, 0.717) is 79.0 Å². The van der Waals surface area contributed by atoms with Crippen LogP contribution in [-0.2, 0) is 85.8 Å². The third-order valence-corrected chi connectivity index (χ3v) is 17.1. The minimum atomic E-state index is -2.29. The maximum atomic E-state index is 12.9. The topological polar surface area (TPSA) is 277 Å². The summed E-state index contributed by atoms with van der Waals surface area (Å²) >= 11 is 0. The summed E-state index contributed by atoms with van der Waals surface area (Å²) in [5.74, 6) is -1.57. The molecule has 0 unspecified atom stereocenters. The van der Waals surface area contributed by atoms with E-state index in [-0.39, 0.29) is 50.5 Å². The van der Waals surface area contributed by atoms with Gasteiger partial charge in [0.2, 0.25) is 0 Å².